The van der Waals surface area contributed by atoms with E-state index in [1.165, 1.54) is 14.2 Å². The fourth-order valence-corrected chi connectivity index (χ4v) is 5.40. The number of ether oxygens (including phenoxy) is 3. The topological polar surface area (TPSA) is 192 Å². The van der Waals surface area contributed by atoms with Gasteiger partial charge >= 0.3 is 12.1 Å². The molecule has 15 heteroatoms. The van der Waals surface area contributed by atoms with Crippen LogP contribution < -0.4 is 32.0 Å². The van der Waals surface area contributed by atoms with E-state index >= 15 is 0 Å². The summed E-state index contributed by atoms with van der Waals surface area (Å²) < 4.78 is 15.5. The fourth-order valence-electron chi connectivity index (χ4n) is 5.40. The number of carbonyl (C=O) groups is 4. The third-order valence-corrected chi connectivity index (χ3v) is 8.24. The molecular weight excluding hydrogens is 634 g/mol. The van der Waals surface area contributed by atoms with Crippen molar-refractivity contribution < 1.29 is 38.5 Å². The SMILES string of the molecule is COCCNC(=O)N[C@H](C(=O)N[C@@H](Cc1ccccc1)[C@@H](O)CN(CC1CCOCC1)NC(=O)[C@@H](NC(=O)NCCOC)C(C)C)C(C)C. The molecule has 1 aromatic carbocycles. The third kappa shape index (κ3) is 16.2. The summed E-state index contributed by atoms with van der Waals surface area (Å²) in [6, 6.07) is 5.97. The van der Waals surface area contributed by atoms with Crippen molar-refractivity contribution in [2.75, 3.05) is 66.8 Å². The Morgan fingerprint density at radius 2 is 1.37 bits per heavy atom. The van der Waals surface area contributed by atoms with Gasteiger partial charge in [0.2, 0.25) is 5.91 Å². The van der Waals surface area contributed by atoms with Gasteiger partial charge in [-0.05, 0) is 42.6 Å². The molecule has 49 heavy (non-hydrogen) atoms. The monoisotopic (exact) mass is 693 g/mol. The van der Waals surface area contributed by atoms with E-state index in [9.17, 15) is 24.3 Å². The molecule has 0 radical (unpaired) electrons. The molecule has 6 amide bonds. The lowest BCUT2D eigenvalue weighted by atomic mass is 9.97. The largest absolute Gasteiger partial charge is 0.390 e. The van der Waals surface area contributed by atoms with Crippen LogP contribution in [0.2, 0.25) is 0 Å². The summed E-state index contributed by atoms with van der Waals surface area (Å²) in [6.07, 6.45) is 0.744. The summed E-state index contributed by atoms with van der Waals surface area (Å²) in [7, 11) is 3.06. The Labute approximate surface area is 290 Å². The quantitative estimate of drug-likeness (QED) is 0.0720. The van der Waals surface area contributed by atoms with Crippen LogP contribution in [0.15, 0.2) is 30.3 Å². The van der Waals surface area contributed by atoms with E-state index < -0.39 is 48.1 Å². The van der Waals surface area contributed by atoms with Crippen molar-refractivity contribution in [3.63, 3.8) is 0 Å². The standard InChI is InChI=1S/C34H59N7O8/c1-23(2)29(38-33(45)35-14-18-47-5)31(43)37-27(20-25-10-8-7-9-11-25)28(42)22-41(21-26-12-16-49-17-13-26)40-32(44)30(24(3)4)39-34(46)36-15-19-48-6/h7-11,23-24,26-30,42H,12-22H2,1-6H3,(H,37,43)(H,40,44)(H2,35,38,45)(H2,36,39,46)/t27-,28-,29-,30-/m0/s1. The average Bonchev–Trinajstić information content (AvgIpc) is 3.06. The van der Waals surface area contributed by atoms with Gasteiger partial charge in [0, 0.05) is 53.6 Å². The number of hydrogen-bond donors (Lipinski definition) is 7. The first kappa shape index (κ1) is 41.7. The minimum absolute atomic E-state index is 0.0109. The Morgan fingerprint density at radius 3 is 1.88 bits per heavy atom. The van der Waals surface area contributed by atoms with Crippen molar-refractivity contribution in [1.82, 2.24) is 37.0 Å². The lowest BCUT2D eigenvalue weighted by Gasteiger charge is -2.35. The fraction of sp³-hybridized carbons (Fsp3) is 0.706. The summed E-state index contributed by atoms with van der Waals surface area (Å²) in [5, 5.41) is 27.2. The summed E-state index contributed by atoms with van der Waals surface area (Å²) >= 11 is 0. The van der Waals surface area contributed by atoms with E-state index in [4.69, 9.17) is 14.2 Å². The molecule has 7 N–H and O–H groups in total. The van der Waals surface area contributed by atoms with Gasteiger partial charge in [-0.25, -0.2) is 14.6 Å². The van der Waals surface area contributed by atoms with Crippen LogP contribution in [0.1, 0.15) is 46.1 Å². The molecule has 0 unspecified atom stereocenters. The van der Waals surface area contributed by atoms with Crippen molar-refractivity contribution in [3.8, 4) is 0 Å². The van der Waals surface area contributed by atoms with E-state index in [1.54, 1.807) is 5.01 Å². The summed E-state index contributed by atoms with van der Waals surface area (Å²) in [4.78, 5) is 52.3. The van der Waals surface area contributed by atoms with Crippen molar-refractivity contribution in [2.45, 2.75) is 71.2 Å². The highest BCUT2D eigenvalue weighted by Gasteiger charge is 2.32. The van der Waals surface area contributed by atoms with Gasteiger partial charge in [-0.3, -0.25) is 15.0 Å². The number of hydrazine groups is 1. The first-order chi connectivity index (χ1) is 23.4. The predicted octanol–water partition coefficient (Wildman–Crippen LogP) is 0.775. The molecule has 0 bridgehead atoms. The number of carbonyl (C=O) groups excluding carboxylic acids is 4. The van der Waals surface area contributed by atoms with Crippen LogP contribution in [0.25, 0.3) is 0 Å². The number of amides is 6. The van der Waals surface area contributed by atoms with Crippen molar-refractivity contribution in [2.24, 2.45) is 17.8 Å². The number of hydrogen-bond acceptors (Lipinski definition) is 9. The molecule has 0 saturated carbocycles. The molecule has 0 aromatic heterocycles. The van der Waals surface area contributed by atoms with Crippen LogP contribution in [0, 0.1) is 17.8 Å². The first-order valence-electron chi connectivity index (χ1n) is 17.2. The van der Waals surface area contributed by atoms with Gasteiger partial charge in [0.25, 0.3) is 5.91 Å². The Morgan fingerprint density at radius 1 is 0.837 bits per heavy atom. The van der Waals surface area contributed by atoms with E-state index in [0.717, 1.165) is 18.4 Å². The van der Waals surface area contributed by atoms with Gasteiger partial charge in [-0.2, -0.15) is 0 Å². The number of rotatable bonds is 21. The van der Waals surface area contributed by atoms with Gasteiger partial charge in [-0.1, -0.05) is 58.0 Å². The molecule has 15 nitrogen and oxygen atoms in total. The Bertz CT molecular complexity index is 1120. The lowest BCUT2D eigenvalue weighted by Crippen LogP contribution is -2.60. The van der Waals surface area contributed by atoms with Crippen LogP contribution in [0.5, 0.6) is 0 Å². The molecule has 0 aliphatic carbocycles. The molecule has 1 aliphatic heterocycles. The zero-order valence-corrected chi connectivity index (χ0v) is 30.0. The van der Waals surface area contributed by atoms with E-state index in [1.807, 2.05) is 58.0 Å². The number of nitrogens with zero attached hydrogens (tertiary/aromatic N) is 1. The lowest BCUT2D eigenvalue weighted by molar-refractivity contribution is -0.131. The number of aliphatic hydroxyl groups excluding tert-OH is 1. The maximum atomic E-state index is 13.7. The minimum atomic E-state index is -1.13. The predicted molar refractivity (Wildman–Crippen MR) is 185 cm³/mol. The summed E-state index contributed by atoms with van der Waals surface area (Å²) in [6.45, 7) is 10.2. The highest BCUT2D eigenvalue weighted by Crippen LogP contribution is 2.17. The number of nitrogens with one attached hydrogen (secondary N) is 6. The molecule has 1 heterocycles. The van der Waals surface area contributed by atoms with Gasteiger partial charge in [0.1, 0.15) is 12.1 Å². The Hall–Kier alpha value is -3.50. The molecule has 2 rings (SSSR count). The van der Waals surface area contributed by atoms with Crippen LogP contribution in [-0.2, 0) is 30.2 Å². The third-order valence-electron chi connectivity index (χ3n) is 8.24. The molecule has 1 aromatic rings. The highest BCUT2D eigenvalue weighted by molar-refractivity contribution is 5.88. The number of aliphatic hydroxyl groups is 1. The minimum Gasteiger partial charge on any atom is -0.390 e. The van der Waals surface area contributed by atoms with Gasteiger partial charge < -0.3 is 45.9 Å². The van der Waals surface area contributed by atoms with Crippen molar-refractivity contribution in [3.05, 3.63) is 35.9 Å². The molecule has 278 valence electrons. The molecule has 1 saturated heterocycles. The Balaban J connectivity index is 2.27. The van der Waals surface area contributed by atoms with Crippen LogP contribution >= 0.6 is 0 Å². The van der Waals surface area contributed by atoms with Crippen LogP contribution in [-0.4, -0.2) is 125 Å². The normalized spacial score (nSPS) is 16.0. The van der Waals surface area contributed by atoms with E-state index in [2.05, 4.69) is 32.0 Å². The second kappa shape index (κ2) is 23.0. The van der Waals surface area contributed by atoms with E-state index in [-0.39, 0.29) is 37.4 Å². The highest BCUT2D eigenvalue weighted by atomic mass is 16.5. The number of benzene rings is 1. The average molecular weight is 694 g/mol. The zero-order valence-electron chi connectivity index (χ0n) is 30.0. The summed E-state index contributed by atoms with van der Waals surface area (Å²) in [5.74, 6) is -1.17. The van der Waals surface area contributed by atoms with Gasteiger partial charge in [0.15, 0.2) is 0 Å². The van der Waals surface area contributed by atoms with Crippen LogP contribution in [0.4, 0.5) is 9.59 Å². The smallest absolute Gasteiger partial charge is 0.315 e. The van der Waals surface area contributed by atoms with Gasteiger partial charge in [-0.15, -0.1) is 0 Å². The maximum absolute atomic E-state index is 13.7. The summed E-state index contributed by atoms with van der Waals surface area (Å²) in [5.41, 5.74) is 3.84. The number of methoxy groups -OCH3 is 2. The number of urea groups is 2. The van der Waals surface area contributed by atoms with E-state index in [0.29, 0.717) is 39.4 Å². The Kier molecular flexibility index (Phi) is 19.6. The molecule has 4 atom stereocenters. The van der Waals surface area contributed by atoms with Gasteiger partial charge in [0.05, 0.1) is 25.4 Å². The zero-order chi connectivity index (χ0) is 36.2. The molecule has 1 fully saturated rings. The first-order valence-corrected chi connectivity index (χ1v) is 17.2. The molecule has 1 aliphatic rings. The van der Waals surface area contributed by atoms with Crippen LogP contribution in [0.3, 0.4) is 0 Å². The molecular formula is C34H59N7O8. The second-order valence-electron chi connectivity index (χ2n) is 13.0. The second-order valence-corrected chi connectivity index (χ2v) is 13.0. The van der Waals surface area contributed by atoms with Crippen molar-refractivity contribution in [1.29, 1.82) is 0 Å². The molecule has 0 spiro atoms. The maximum Gasteiger partial charge on any atom is 0.315 e. The van der Waals surface area contributed by atoms with Crippen molar-refractivity contribution >= 4 is 23.9 Å².